The number of ether oxygens (including phenoxy) is 1. The molecule has 0 N–H and O–H groups in total. The number of rotatable bonds is 3. The lowest BCUT2D eigenvalue weighted by molar-refractivity contribution is -0.138. The highest BCUT2D eigenvalue weighted by Gasteiger charge is 2.25. The van der Waals surface area contributed by atoms with Gasteiger partial charge in [-0.2, -0.15) is 0 Å². The van der Waals surface area contributed by atoms with Gasteiger partial charge in [-0.1, -0.05) is 12.1 Å². The molecule has 1 fully saturated rings. The predicted octanol–water partition coefficient (Wildman–Crippen LogP) is 0.687. The van der Waals surface area contributed by atoms with E-state index in [0.717, 1.165) is 6.26 Å². The van der Waals surface area contributed by atoms with Crippen molar-refractivity contribution in [3.8, 4) is 0 Å². The van der Waals surface area contributed by atoms with Gasteiger partial charge < -0.3 is 14.2 Å². The number of morpholine rings is 1. The van der Waals surface area contributed by atoms with Crippen molar-refractivity contribution in [2.24, 2.45) is 0 Å². The molecule has 0 unspecified atom stereocenters. The fraction of sp³-hybridized carbons (Fsp3) is 0.467. The quantitative estimate of drug-likeness (QED) is 0.823. The molecule has 1 amide bonds. The number of sulfone groups is 1. The monoisotopic (exact) mass is 337 g/mol. The van der Waals surface area contributed by atoms with Crippen molar-refractivity contribution in [3.63, 3.8) is 0 Å². The molecular formula is C15H19N3O4S. The summed E-state index contributed by atoms with van der Waals surface area (Å²) in [5.41, 5.74) is 1.21. The summed E-state index contributed by atoms with van der Waals surface area (Å²) in [4.78, 5) is 18.4. The third-order valence-electron chi connectivity index (χ3n) is 3.84. The fourth-order valence-corrected chi connectivity index (χ4v) is 3.60. The largest absolute Gasteiger partial charge is 0.375 e. The third-order valence-corrected chi connectivity index (χ3v) is 4.81. The van der Waals surface area contributed by atoms with Gasteiger partial charge in [-0.05, 0) is 19.1 Å². The van der Waals surface area contributed by atoms with Crippen LogP contribution in [-0.2, 0) is 25.9 Å². The summed E-state index contributed by atoms with van der Waals surface area (Å²) < 4.78 is 30.9. The molecule has 0 radical (unpaired) electrons. The van der Waals surface area contributed by atoms with Gasteiger partial charge in [0, 0.05) is 19.3 Å². The maximum absolute atomic E-state index is 12.6. The van der Waals surface area contributed by atoms with Gasteiger partial charge in [0.1, 0.15) is 6.54 Å². The molecule has 1 atom stereocenters. The average molecular weight is 337 g/mol. The van der Waals surface area contributed by atoms with Gasteiger partial charge in [0.05, 0.1) is 23.7 Å². The first-order valence-corrected chi connectivity index (χ1v) is 9.30. The van der Waals surface area contributed by atoms with Crippen molar-refractivity contribution in [2.45, 2.75) is 24.7 Å². The topological polar surface area (TPSA) is 81.5 Å². The number of aromatic nitrogens is 2. The molecule has 0 aliphatic carbocycles. The van der Waals surface area contributed by atoms with E-state index in [0.29, 0.717) is 30.7 Å². The van der Waals surface area contributed by atoms with Crippen LogP contribution in [0.5, 0.6) is 0 Å². The molecule has 1 aromatic heterocycles. The number of hydrogen-bond donors (Lipinski definition) is 0. The maximum atomic E-state index is 12.6. The molecule has 2 heterocycles. The number of carbonyl (C=O) groups is 1. The zero-order valence-electron chi connectivity index (χ0n) is 13.1. The predicted molar refractivity (Wildman–Crippen MR) is 84.8 cm³/mol. The van der Waals surface area contributed by atoms with Crippen LogP contribution >= 0.6 is 0 Å². The Morgan fingerprint density at radius 3 is 2.83 bits per heavy atom. The highest BCUT2D eigenvalue weighted by Crippen LogP contribution is 2.20. The van der Waals surface area contributed by atoms with Crippen LogP contribution in [0.25, 0.3) is 11.0 Å². The van der Waals surface area contributed by atoms with Crippen molar-refractivity contribution >= 4 is 26.8 Å². The van der Waals surface area contributed by atoms with Crippen molar-refractivity contribution in [1.82, 2.24) is 14.5 Å². The van der Waals surface area contributed by atoms with Crippen LogP contribution < -0.4 is 0 Å². The number of carbonyl (C=O) groups excluding carboxylic acids is 1. The summed E-state index contributed by atoms with van der Waals surface area (Å²) in [6.45, 7) is 3.39. The van der Waals surface area contributed by atoms with E-state index >= 15 is 0 Å². The summed E-state index contributed by atoms with van der Waals surface area (Å²) in [6, 6.07) is 7.10. The van der Waals surface area contributed by atoms with Crippen molar-refractivity contribution in [2.75, 3.05) is 26.0 Å². The summed E-state index contributed by atoms with van der Waals surface area (Å²) in [7, 11) is -3.53. The van der Waals surface area contributed by atoms with E-state index in [1.165, 1.54) is 4.57 Å². The van der Waals surface area contributed by atoms with Gasteiger partial charge in [0.15, 0.2) is 0 Å². The molecule has 1 aromatic carbocycles. The minimum Gasteiger partial charge on any atom is -0.375 e. The number of amides is 1. The lowest BCUT2D eigenvalue weighted by atomic mass is 10.3. The Kier molecular flexibility index (Phi) is 4.11. The fourth-order valence-electron chi connectivity index (χ4n) is 2.77. The number of para-hydroxylation sites is 2. The smallest absolute Gasteiger partial charge is 0.242 e. The molecule has 7 nitrogen and oxygen atoms in total. The lowest BCUT2D eigenvalue weighted by Crippen LogP contribution is -2.45. The number of imidazole rings is 1. The summed E-state index contributed by atoms with van der Waals surface area (Å²) >= 11 is 0. The zero-order valence-corrected chi connectivity index (χ0v) is 13.9. The van der Waals surface area contributed by atoms with Crippen LogP contribution in [0.1, 0.15) is 6.92 Å². The first-order chi connectivity index (χ1) is 10.9. The van der Waals surface area contributed by atoms with Gasteiger partial charge >= 0.3 is 0 Å². The summed E-state index contributed by atoms with van der Waals surface area (Å²) in [5.74, 6) is -0.131. The molecule has 1 aliphatic rings. The maximum Gasteiger partial charge on any atom is 0.242 e. The third kappa shape index (κ3) is 3.23. The van der Waals surface area contributed by atoms with Crippen LogP contribution in [0.3, 0.4) is 0 Å². The van der Waals surface area contributed by atoms with Crippen LogP contribution in [0.4, 0.5) is 0 Å². The number of hydrogen-bond acceptors (Lipinski definition) is 5. The number of benzene rings is 1. The van der Waals surface area contributed by atoms with Crippen LogP contribution in [0.2, 0.25) is 0 Å². The molecule has 124 valence electrons. The molecular weight excluding hydrogens is 318 g/mol. The SMILES string of the molecule is C[C@H]1CN(C(=O)Cn2c(S(C)(=O)=O)nc3ccccc32)CCO1. The highest BCUT2D eigenvalue weighted by atomic mass is 32.2. The molecule has 23 heavy (non-hydrogen) atoms. The highest BCUT2D eigenvalue weighted by molar-refractivity contribution is 7.90. The number of nitrogens with zero attached hydrogens (tertiary/aromatic N) is 3. The zero-order chi connectivity index (χ0) is 16.6. The normalized spacial score (nSPS) is 19.2. The summed E-state index contributed by atoms with van der Waals surface area (Å²) in [5, 5.41) is -0.0756. The van der Waals surface area contributed by atoms with Gasteiger partial charge in [0.25, 0.3) is 0 Å². The van der Waals surface area contributed by atoms with Gasteiger partial charge in [0.2, 0.25) is 20.9 Å². The van der Waals surface area contributed by atoms with Gasteiger partial charge in [-0.25, -0.2) is 13.4 Å². The van der Waals surface area contributed by atoms with E-state index in [1.54, 1.807) is 29.2 Å². The molecule has 2 aromatic rings. The molecule has 0 spiro atoms. The van der Waals surface area contributed by atoms with E-state index in [4.69, 9.17) is 4.74 Å². The molecule has 0 bridgehead atoms. The van der Waals surface area contributed by atoms with Crippen molar-refractivity contribution in [1.29, 1.82) is 0 Å². The summed E-state index contributed by atoms with van der Waals surface area (Å²) in [6.07, 6.45) is 1.09. The molecule has 8 heteroatoms. The molecule has 0 saturated carbocycles. The standard InChI is InChI=1S/C15H19N3O4S/c1-11-9-17(7-8-22-11)14(19)10-18-13-6-4-3-5-12(13)16-15(18)23(2,20)21/h3-6,11H,7-10H2,1-2H3/t11-/m0/s1. The Balaban J connectivity index is 1.97. The first kappa shape index (κ1) is 15.9. The Bertz CT molecular complexity index is 844. The van der Waals surface area contributed by atoms with Gasteiger partial charge in [-0.15, -0.1) is 0 Å². The Hall–Kier alpha value is -1.93. The molecule has 1 aliphatic heterocycles. The van der Waals surface area contributed by atoms with Gasteiger partial charge in [-0.3, -0.25) is 4.79 Å². The second-order valence-electron chi connectivity index (χ2n) is 5.76. The Morgan fingerprint density at radius 2 is 2.13 bits per heavy atom. The van der Waals surface area contributed by atoms with E-state index in [9.17, 15) is 13.2 Å². The van der Waals surface area contributed by atoms with E-state index < -0.39 is 9.84 Å². The molecule has 3 rings (SSSR count). The van der Waals surface area contributed by atoms with E-state index in [1.807, 2.05) is 6.92 Å². The van der Waals surface area contributed by atoms with Crippen LogP contribution in [-0.4, -0.2) is 60.8 Å². The number of fused-ring (bicyclic) bond motifs is 1. The van der Waals surface area contributed by atoms with Crippen molar-refractivity contribution < 1.29 is 17.9 Å². The van der Waals surface area contributed by atoms with E-state index in [-0.39, 0.29) is 23.7 Å². The average Bonchev–Trinajstić information content (AvgIpc) is 2.86. The van der Waals surface area contributed by atoms with Crippen molar-refractivity contribution in [3.05, 3.63) is 24.3 Å². The lowest BCUT2D eigenvalue weighted by Gasteiger charge is -2.31. The Labute approximate surface area is 134 Å². The molecule has 1 saturated heterocycles. The van der Waals surface area contributed by atoms with Crippen LogP contribution in [0, 0.1) is 0 Å². The van der Waals surface area contributed by atoms with Crippen LogP contribution in [0.15, 0.2) is 29.4 Å². The minimum absolute atomic E-state index is 0.0124. The Morgan fingerprint density at radius 1 is 1.39 bits per heavy atom. The van der Waals surface area contributed by atoms with E-state index in [2.05, 4.69) is 4.98 Å². The second kappa shape index (κ2) is 5.93. The first-order valence-electron chi connectivity index (χ1n) is 7.41. The minimum atomic E-state index is -3.53. The second-order valence-corrected chi connectivity index (χ2v) is 7.67.